The van der Waals surface area contributed by atoms with E-state index in [1.54, 1.807) is 19.1 Å². The lowest BCUT2D eigenvalue weighted by Crippen LogP contribution is -2.52. The smallest absolute Gasteiger partial charge is 0.322 e. The van der Waals surface area contributed by atoms with Crippen LogP contribution in [0.25, 0.3) is 10.9 Å². The molecule has 37 heavy (non-hydrogen) atoms. The molecule has 2 aromatic carbocycles. The van der Waals surface area contributed by atoms with Crippen LogP contribution < -0.4 is 4.74 Å². The summed E-state index contributed by atoms with van der Waals surface area (Å²) >= 11 is 0. The van der Waals surface area contributed by atoms with E-state index in [9.17, 15) is 18.0 Å². The highest BCUT2D eigenvalue weighted by Gasteiger charge is 2.47. The molecule has 1 saturated heterocycles. The van der Waals surface area contributed by atoms with Gasteiger partial charge in [-0.1, -0.05) is 18.2 Å². The lowest BCUT2D eigenvalue weighted by atomic mass is 9.87. The predicted molar refractivity (Wildman–Crippen MR) is 129 cm³/mol. The summed E-state index contributed by atoms with van der Waals surface area (Å²) < 4.78 is 77.7. The molecule has 2 atom stereocenters. The Morgan fingerprint density at radius 2 is 1.84 bits per heavy atom. The van der Waals surface area contributed by atoms with Gasteiger partial charge in [0.05, 0.1) is 12.2 Å². The Labute approximate surface area is 211 Å². The van der Waals surface area contributed by atoms with Gasteiger partial charge in [0.2, 0.25) is 0 Å². The van der Waals surface area contributed by atoms with Crippen molar-refractivity contribution in [1.82, 2.24) is 14.8 Å². The van der Waals surface area contributed by atoms with Crippen LogP contribution in [0.1, 0.15) is 36.7 Å². The van der Waals surface area contributed by atoms with Crippen LogP contribution >= 0.6 is 0 Å². The molecule has 1 N–H and O–H groups in total. The highest BCUT2D eigenvalue weighted by atomic mass is 19.3. The maximum Gasteiger partial charge on any atom is 0.322 e. The topological polar surface area (TPSA) is 48.6 Å². The lowest BCUT2D eigenvalue weighted by molar-refractivity contribution is -0.160. The first kappa shape index (κ1) is 25.5. The van der Waals surface area contributed by atoms with Crippen molar-refractivity contribution in [1.29, 1.82) is 0 Å². The van der Waals surface area contributed by atoms with Crippen LogP contribution in [0.15, 0.2) is 36.4 Å². The molecule has 3 aromatic rings. The van der Waals surface area contributed by atoms with Gasteiger partial charge in [-0.05, 0) is 25.0 Å². The number of carbonyl (C=O) groups excluding carboxylic acids is 1. The van der Waals surface area contributed by atoms with Gasteiger partial charge >= 0.3 is 5.92 Å². The first-order valence-electron chi connectivity index (χ1n) is 12.3. The maximum atomic E-state index is 15.6. The van der Waals surface area contributed by atoms with Gasteiger partial charge in [-0.15, -0.1) is 0 Å². The minimum Gasteiger partial charge on any atom is -0.492 e. The van der Waals surface area contributed by atoms with Gasteiger partial charge < -0.3 is 14.6 Å². The zero-order chi connectivity index (χ0) is 26.5. The summed E-state index contributed by atoms with van der Waals surface area (Å²) in [6.07, 6.45) is 0.252. The minimum atomic E-state index is -3.73. The molecule has 3 heterocycles. The fraction of sp³-hybridized carbons (Fsp3) is 0.444. The first-order chi connectivity index (χ1) is 17.6. The second-order valence-electron chi connectivity index (χ2n) is 10.0. The van der Waals surface area contributed by atoms with Crippen molar-refractivity contribution in [3.63, 3.8) is 0 Å². The van der Waals surface area contributed by atoms with Crippen LogP contribution in [0.3, 0.4) is 0 Å². The number of rotatable bonds is 7. The minimum absolute atomic E-state index is 0.0164. The molecule has 5 nitrogen and oxygen atoms in total. The Hall–Kier alpha value is -3.14. The summed E-state index contributed by atoms with van der Waals surface area (Å²) in [4.78, 5) is 18.9. The molecule has 1 amide bonds. The zero-order valence-corrected chi connectivity index (χ0v) is 20.5. The highest BCUT2D eigenvalue weighted by Crippen LogP contribution is 2.44. The number of carbonyl (C=O) groups is 1. The number of nitrogens with one attached hydrogen (secondary N) is 1. The van der Waals surface area contributed by atoms with Crippen molar-refractivity contribution in [2.24, 2.45) is 5.92 Å². The average molecular weight is 522 g/mol. The molecule has 5 rings (SSSR count). The van der Waals surface area contributed by atoms with E-state index in [4.69, 9.17) is 4.74 Å². The molecule has 2 aliphatic heterocycles. The number of fused-ring (bicyclic) bond motifs is 3. The first-order valence-corrected chi connectivity index (χ1v) is 12.3. The summed E-state index contributed by atoms with van der Waals surface area (Å²) in [5, 5.41) is 0.812. The molecule has 10 heteroatoms. The summed E-state index contributed by atoms with van der Waals surface area (Å²) in [5.41, 5.74) is 1.22. The van der Waals surface area contributed by atoms with Gasteiger partial charge in [0, 0.05) is 67.2 Å². The Morgan fingerprint density at radius 3 is 2.49 bits per heavy atom. The van der Waals surface area contributed by atoms with Crippen LogP contribution in [-0.4, -0.2) is 65.6 Å². The van der Waals surface area contributed by atoms with E-state index in [0.29, 0.717) is 37.8 Å². The summed E-state index contributed by atoms with van der Waals surface area (Å²) in [7, 11) is 0. The van der Waals surface area contributed by atoms with E-state index in [-0.39, 0.29) is 31.4 Å². The van der Waals surface area contributed by atoms with E-state index in [1.807, 2.05) is 17.0 Å². The number of H-pyrrole nitrogens is 1. The van der Waals surface area contributed by atoms with E-state index in [2.05, 4.69) is 4.98 Å². The Bertz CT molecular complexity index is 1290. The number of aromatic amines is 1. The van der Waals surface area contributed by atoms with E-state index in [1.165, 1.54) is 0 Å². The highest BCUT2D eigenvalue weighted by molar-refractivity contribution is 5.88. The third-order valence-electron chi connectivity index (χ3n) is 7.24. The summed E-state index contributed by atoms with van der Waals surface area (Å²) in [6, 6.07) is 7.09. The normalized spacial score (nSPS) is 20.7. The number of likely N-dealkylation sites (tertiary alicyclic amines) is 1. The molecule has 0 bridgehead atoms. The number of para-hydroxylation sites is 1. The lowest BCUT2D eigenvalue weighted by Gasteiger charge is -2.42. The third-order valence-corrected chi connectivity index (χ3v) is 7.24. The predicted octanol–water partition coefficient (Wildman–Crippen LogP) is 5.24. The largest absolute Gasteiger partial charge is 0.492 e. The third kappa shape index (κ3) is 4.67. The molecule has 0 radical (unpaired) electrons. The summed E-state index contributed by atoms with van der Waals surface area (Å²) in [6.45, 7) is 3.55. The maximum absolute atomic E-state index is 15.6. The van der Waals surface area contributed by atoms with Crippen LogP contribution in [0.4, 0.5) is 22.0 Å². The fourth-order valence-electron chi connectivity index (χ4n) is 5.44. The van der Waals surface area contributed by atoms with Gasteiger partial charge in [0.1, 0.15) is 30.0 Å². The van der Waals surface area contributed by atoms with Gasteiger partial charge in [0.25, 0.3) is 5.91 Å². The molecule has 0 saturated carbocycles. The molecule has 1 fully saturated rings. The van der Waals surface area contributed by atoms with E-state index < -0.39 is 41.1 Å². The quantitative estimate of drug-likeness (QED) is 0.433. The molecule has 1 aromatic heterocycles. The van der Waals surface area contributed by atoms with Crippen LogP contribution in [0.5, 0.6) is 5.75 Å². The number of nitrogens with zero attached hydrogens (tertiary/aromatic N) is 2. The molecular weight excluding hydrogens is 493 g/mol. The van der Waals surface area contributed by atoms with Crippen molar-refractivity contribution >= 4 is 16.8 Å². The fourth-order valence-corrected chi connectivity index (χ4v) is 5.44. The number of aromatic nitrogens is 1. The second-order valence-corrected chi connectivity index (χ2v) is 10.0. The van der Waals surface area contributed by atoms with Crippen molar-refractivity contribution in [3.05, 3.63) is 64.9 Å². The molecule has 0 spiro atoms. The van der Waals surface area contributed by atoms with Crippen molar-refractivity contribution in [3.8, 4) is 5.75 Å². The Kier molecular flexibility index (Phi) is 6.64. The number of hydrogen-bond donors (Lipinski definition) is 1. The van der Waals surface area contributed by atoms with Crippen LogP contribution in [0.2, 0.25) is 0 Å². The molecule has 2 aliphatic rings. The van der Waals surface area contributed by atoms with E-state index >= 15 is 8.78 Å². The molecule has 0 aliphatic carbocycles. The van der Waals surface area contributed by atoms with Crippen molar-refractivity contribution in [2.45, 2.75) is 38.3 Å². The SMILES string of the molecule is C[C@@H]1Cc2c([nH]c3ccccc23)[C@@H](c2c(F)cc(OCCN3CC(CF)C3)cc2F)N1C(=O)C(C)(F)F. The van der Waals surface area contributed by atoms with Gasteiger partial charge in [0.15, 0.2) is 0 Å². The molecule has 198 valence electrons. The van der Waals surface area contributed by atoms with Crippen molar-refractivity contribution in [2.75, 3.05) is 32.9 Å². The second kappa shape index (κ2) is 9.63. The number of alkyl halides is 3. The van der Waals surface area contributed by atoms with Crippen molar-refractivity contribution < 1.29 is 31.5 Å². The van der Waals surface area contributed by atoms with Gasteiger partial charge in [-0.3, -0.25) is 14.1 Å². The van der Waals surface area contributed by atoms with Crippen LogP contribution in [0, 0.1) is 17.6 Å². The number of ether oxygens (including phenoxy) is 1. The average Bonchev–Trinajstić information content (AvgIpc) is 3.17. The molecule has 0 unspecified atom stereocenters. The standard InChI is InChI=1S/C27H28F5N3O2/c1-15-9-19-18-5-3-4-6-22(18)33-24(19)25(35(15)26(36)27(2,31)32)23-20(29)10-17(11-21(23)30)37-8-7-34-13-16(12-28)14-34/h3-6,10-11,15-16,25,33H,7-9,12-14H2,1-2H3/t15-,25-/m1/s1. The Balaban J connectivity index is 1.50. The Morgan fingerprint density at radius 1 is 1.16 bits per heavy atom. The summed E-state index contributed by atoms with van der Waals surface area (Å²) in [5.74, 6) is -7.28. The van der Waals surface area contributed by atoms with Gasteiger partial charge in [-0.25, -0.2) is 8.78 Å². The number of hydrogen-bond acceptors (Lipinski definition) is 3. The zero-order valence-electron chi connectivity index (χ0n) is 20.5. The molecular formula is C27H28F5N3O2. The number of benzene rings is 2. The van der Waals surface area contributed by atoms with E-state index in [0.717, 1.165) is 28.0 Å². The number of amides is 1. The van der Waals surface area contributed by atoms with Gasteiger partial charge in [-0.2, -0.15) is 8.78 Å². The number of halogens is 5. The monoisotopic (exact) mass is 521 g/mol. The van der Waals surface area contributed by atoms with Crippen LogP contribution in [-0.2, 0) is 11.2 Å².